The topological polar surface area (TPSA) is 55.1 Å². The largest absolute Gasteiger partial charge is 0.358 e. The van der Waals surface area contributed by atoms with E-state index < -0.39 is 6.04 Å². The first-order valence-corrected chi connectivity index (χ1v) is 8.33. The van der Waals surface area contributed by atoms with Crippen molar-refractivity contribution in [3.05, 3.63) is 54.1 Å². The lowest BCUT2D eigenvalue weighted by molar-refractivity contribution is -0.122. The first-order chi connectivity index (χ1) is 10.6. The normalized spacial score (nSPS) is 18.8. The van der Waals surface area contributed by atoms with Crippen molar-refractivity contribution in [2.75, 3.05) is 7.05 Å². The van der Waals surface area contributed by atoms with Crippen LogP contribution in [0.1, 0.15) is 17.7 Å². The van der Waals surface area contributed by atoms with E-state index in [9.17, 15) is 4.79 Å². The number of rotatable bonds is 3. The van der Waals surface area contributed by atoms with Gasteiger partial charge in [0.15, 0.2) is 0 Å². The highest BCUT2D eigenvalue weighted by Gasteiger charge is 2.34. The number of amides is 1. The van der Waals surface area contributed by atoms with Gasteiger partial charge in [0.25, 0.3) is 0 Å². The number of carbonyl (C=O) groups excluding carboxylic acids is 1. The van der Waals surface area contributed by atoms with Crippen LogP contribution in [0, 0.1) is 5.92 Å². The molecule has 0 fully saturated rings. The van der Waals surface area contributed by atoms with Crippen LogP contribution < -0.4 is 11.1 Å². The van der Waals surface area contributed by atoms with Gasteiger partial charge in [-0.25, -0.2) is 0 Å². The summed E-state index contributed by atoms with van der Waals surface area (Å²) in [5.41, 5.74) is 9.93. The minimum absolute atomic E-state index is 0.0412. The van der Waals surface area contributed by atoms with Gasteiger partial charge in [0, 0.05) is 17.2 Å². The second-order valence-electron chi connectivity index (χ2n) is 5.62. The molecule has 2 aromatic carbocycles. The van der Waals surface area contributed by atoms with Crippen LogP contribution in [0.3, 0.4) is 0 Å². The van der Waals surface area contributed by atoms with E-state index in [1.807, 2.05) is 0 Å². The van der Waals surface area contributed by atoms with Gasteiger partial charge in [0.1, 0.15) is 0 Å². The second kappa shape index (κ2) is 6.15. The standard InChI is InChI=1S/C18H20N2OS/c1-11(16(19)18(21)20-2)17-14-9-4-3-7-12(14)13-8-5-6-10-15(13)22-17/h3-11,16-17H,19H2,1-2H3,(H,20,21). The quantitative estimate of drug-likeness (QED) is 0.915. The number of hydrogen-bond donors (Lipinski definition) is 2. The summed E-state index contributed by atoms with van der Waals surface area (Å²) >= 11 is 1.80. The summed E-state index contributed by atoms with van der Waals surface area (Å²) in [6.07, 6.45) is 0. The van der Waals surface area contributed by atoms with E-state index in [2.05, 4.69) is 60.8 Å². The van der Waals surface area contributed by atoms with E-state index in [1.165, 1.54) is 21.6 Å². The van der Waals surface area contributed by atoms with Crippen LogP contribution in [-0.2, 0) is 4.79 Å². The molecule has 4 heteroatoms. The van der Waals surface area contributed by atoms with Crippen LogP contribution in [0.4, 0.5) is 0 Å². The van der Waals surface area contributed by atoms with Gasteiger partial charge in [-0.15, -0.1) is 11.8 Å². The van der Waals surface area contributed by atoms with Crippen LogP contribution in [0.5, 0.6) is 0 Å². The zero-order chi connectivity index (χ0) is 15.7. The SMILES string of the molecule is CNC(=O)C(N)C(C)C1Sc2ccccc2-c2ccccc21. The molecule has 0 aliphatic carbocycles. The lowest BCUT2D eigenvalue weighted by Gasteiger charge is -2.33. The maximum atomic E-state index is 11.9. The molecule has 1 aliphatic rings. The molecule has 3 N–H and O–H groups in total. The van der Waals surface area contributed by atoms with Crippen molar-refractivity contribution in [1.29, 1.82) is 0 Å². The summed E-state index contributed by atoms with van der Waals surface area (Å²) in [5, 5.41) is 2.83. The molecule has 1 amide bonds. The highest BCUT2D eigenvalue weighted by molar-refractivity contribution is 7.99. The van der Waals surface area contributed by atoms with Crippen molar-refractivity contribution in [3.63, 3.8) is 0 Å². The smallest absolute Gasteiger partial charge is 0.236 e. The molecule has 0 saturated heterocycles. The van der Waals surface area contributed by atoms with Crippen molar-refractivity contribution < 1.29 is 4.79 Å². The average Bonchev–Trinajstić information content (AvgIpc) is 2.59. The number of nitrogens with two attached hydrogens (primary N) is 1. The fourth-order valence-electron chi connectivity index (χ4n) is 2.97. The summed E-state index contributed by atoms with van der Waals surface area (Å²) in [6, 6.07) is 16.3. The Kier molecular flexibility index (Phi) is 4.23. The molecule has 3 atom stereocenters. The Balaban J connectivity index is 2.03. The summed E-state index contributed by atoms with van der Waals surface area (Å²) in [5.74, 6) is -0.0658. The number of likely N-dealkylation sites (N-methyl/N-ethyl adjacent to an activating group) is 1. The van der Waals surface area contributed by atoms with Crippen LogP contribution in [-0.4, -0.2) is 19.0 Å². The molecule has 0 bridgehead atoms. The van der Waals surface area contributed by atoms with E-state index in [4.69, 9.17) is 5.73 Å². The fraction of sp³-hybridized carbons (Fsp3) is 0.278. The Bertz CT molecular complexity index is 701. The number of carbonyl (C=O) groups is 1. The van der Waals surface area contributed by atoms with Gasteiger partial charge in [0.2, 0.25) is 5.91 Å². The second-order valence-corrected chi connectivity index (χ2v) is 6.80. The van der Waals surface area contributed by atoms with Crippen LogP contribution >= 0.6 is 11.8 Å². The molecular formula is C18H20N2OS. The molecule has 1 aliphatic heterocycles. The number of thioether (sulfide) groups is 1. The average molecular weight is 312 g/mol. The van der Waals surface area contributed by atoms with E-state index in [0.717, 1.165) is 0 Å². The minimum atomic E-state index is -0.513. The van der Waals surface area contributed by atoms with Gasteiger partial charge in [-0.3, -0.25) is 4.79 Å². The third-order valence-electron chi connectivity index (χ3n) is 4.29. The fourth-order valence-corrected chi connectivity index (χ4v) is 4.42. The Labute approximate surface area is 135 Å². The molecule has 0 radical (unpaired) electrons. The first-order valence-electron chi connectivity index (χ1n) is 7.45. The lowest BCUT2D eigenvalue weighted by Crippen LogP contribution is -2.45. The molecule has 1 heterocycles. The Morgan fingerprint density at radius 3 is 2.50 bits per heavy atom. The zero-order valence-electron chi connectivity index (χ0n) is 12.7. The molecule has 3 rings (SSSR count). The van der Waals surface area contributed by atoms with E-state index >= 15 is 0 Å². The highest BCUT2D eigenvalue weighted by atomic mass is 32.2. The molecule has 3 unspecified atom stereocenters. The molecule has 3 nitrogen and oxygen atoms in total. The predicted molar refractivity (Wildman–Crippen MR) is 91.7 cm³/mol. The number of nitrogens with one attached hydrogen (secondary N) is 1. The van der Waals surface area contributed by atoms with Gasteiger partial charge in [-0.2, -0.15) is 0 Å². The van der Waals surface area contributed by atoms with Crippen molar-refractivity contribution >= 4 is 17.7 Å². The Hall–Kier alpha value is -1.78. The van der Waals surface area contributed by atoms with Gasteiger partial charge in [-0.05, 0) is 28.7 Å². The molecule has 22 heavy (non-hydrogen) atoms. The lowest BCUT2D eigenvalue weighted by atomic mass is 9.88. The first kappa shape index (κ1) is 15.1. The van der Waals surface area contributed by atoms with Crippen LogP contribution in [0.25, 0.3) is 11.1 Å². The Morgan fingerprint density at radius 2 is 1.77 bits per heavy atom. The van der Waals surface area contributed by atoms with E-state index in [-0.39, 0.29) is 17.1 Å². The van der Waals surface area contributed by atoms with E-state index in [1.54, 1.807) is 18.8 Å². The summed E-state index contributed by atoms with van der Waals surface area (Å²) in [7, 11) is 1.63. The number of fused-ring (bicyclic) bond motifs is 3. The van der Waals surface area contributed by atoms with Crippen molar-refractivity contribution in [3.8, 4) is 11.1 Å². The summed E-state index contributed by atoms with van der Waals surface area (Å²) < 4.78 is 0. The van der Waals surface area contributed by atoms with Crippen molar-refractivity contribution in [2.24, 2.45) is 11.7 Å². The van der Waals surface area contributed by atoms with Gasteiger partial charge in [0.05, 0.1) is 6.04 Å². The van der Waals surface area contributed by atoms with Gasteiger partial charge >= 0.3 is 0 Å². The Morgan fingerprint density at radius 1 is 1.14 bits per heavy atom. The zero-order valence-corrected chi connectivity index (χ0v) is 13.6. The summed E-state index contributed by atoms with van der Waals surface area (Å²) in [6.45, 7) is 2.06. The molecule has 2 aromatic rings. The highest BCUT2D eigenvalue weighted by Crippen LogP contribution is 2.52. The maximum Gasteiger partial charge on any atom is 0.236 e. The van der Waals surface area contributed by atoms with Crippen molar-refractivity contribution in [1.82, 2.24) is 5.32 Å². The molecule has 114 valence electrons. The van der Waals surface area contributed by atoms with Gasteiger partial charge in [-0.1, -0.05) is 49.4 Å². The number of benzene rings is 2. The van der Waals surface area contributed by atoms with Gasteiger partial charge < -0.3 is 11.1 Å². The van der Waals surface area contributed by atoms with Crippen LogP contribution in [0.15, 0.2) is 53.4 Å². The third kappa shape index (κ3) is 2.53. The molecular weight excluding hydrogens is 292 g/mol. The molecule has 0 aromatic heterocycles. The van der Waals surface area contributed by atoms with Crippen molar-refractivity contribution in [2.45, 2.75) is 23.1 Å². The minimum Gasteiger partial charge on any atom is -0.358 e. The molecule has 0 saturated carbocycles. The van der Waals surface area contributed by atoms with E-state index in [0.29, 0.717) is 0 Å². The summed E-state index contributed by atoms with van der Waals surface area (Å²) in [4.78, 5) is 13.2. The number of hydrogen-bond acceptors (Lipinski definition) is 3. The predicted octanol–water partition coefficient (Wildman–Crippen LogP) is 3.21. The van der Waals surface area contributed by atoms with Crippen LogP contribution in [0.2, 0.25) is 0 Å². The maximum absolute atomic E-state index is 11.9. The molecule has 0 spiro atoms. The third-order valence-corrected chi connectivity index (χ3v) is 5.84. The monoisotopic (exact) mass is 312 g/mol.